The summed E-state index contributed by atoms with van der Waals surface area (Å²) in [5, 5.41) is 77.8. The summed E-state index contributed by atoms with van der Waals surface area (Å²) in [5.41, 5.74) is 1.43. The smallest absolute Gasteiger partial charge is 0.147 e. The maximum atomic E-state index is 10.1. The van der Waals surface area contributed by atoms with Gasteiger partial charge in [0.1, 0.15) is 54.9 Å². The van der Waals surface area contributed by atoms with Gasteiger partial charge in [-0.15, -0.1) is 0 Å². The van der Waals surface area contributed by atoms with Crippen LogP contribution in [0.1, 0.15) is 17.5 Å². The number of aliphatic hydroxyl groups is 8. The van der Waals surface area contributed by atoms with Gasteiger partial charge in [-0.05, 0) is 24.1 Å². The first kappa shape index (κ1) is 25.7. The van der Waals surface area contributed by atoms with Gasteiger partial charge in [-0.2, -0.15) is 0 Å². The third-order valence-electron chi connectivity index (χ3n) is 5.83. The van der Waals surface area contributed by atoms with E-state index < -0.39 is 74.3 Å². The van der Waals surface area contributed by atoms with Crippen molar-refractivity contribution < 1.29 is 50.3 Å². The zero-order valence-electron chi connectivity index (χ0n) is 17.8. The second kappa shape index (κ2) is 11.5. The lowest BCUT2D eigenvalue weighted by molar-refractivity contribution is -0.227. The summed E-state index contributed by atoms with van der Waals surface area (Å²) in [6.07, 6.45) is -8.45. The minimum absolute atomic E-state index is 0.250. The predicted octanol–water partition coefficient (Wildman–Crippen LogP) is -2.87. The quantitative estimate of drug-likeness (QED) is 0.210. The highest BCUT2D eigenvalue weighted by Crippen LogP contribution is 2.24. The van der Waals surface area contributed by atoms with E-state index in [1.54, 1.807) is 36.4 Å². The van der Waals surface area contributed by atoms with E-state index in [2.05, 4.69) is 11.8 Å². The van der Waals surface area contributed by atoms with Crippen LogP contribution in [0.2, 0.25) is 0 Å². The van der Waals surface area contributed by atoms with Crippen molar-refractivity contribution in [3.8, 4) is 11.8 Å². The van der Waals surface area contributed by atoms with Crippen molar-refractivity contribution >= 4 is 6.08 Å². The highest BCUT2D eigenvalue weighted by Gasteiger charge is 2.43. The Labute approximate surface area is 191 Å². The molecule has 182 valence electrons. The standard InChI is InChI=1S/C23H30O10/c24-10-16-20(28)22(30)18(26)14(32-16)3-1-2-12-4-6-13(7-5-12)8-9-15-19(27)23(31)21(29)17(11-25)33-15/h1-2,4-7,14-31H,3,10-11H2. The van der Waals surface area contributed by atoms with Gasteiger partial charge in [0.2, 0.25) is 0 Å². The summed E-state index contributed by atoms with van der Waals surface area (Å²) < 4.78 is 10.8. The number of benzene rings is 1. The molecule has 0 saturated carbocycles. The Morgan fingerprint density at radius 2 is 1.24 bits per heavy atom. The number of ether oxygens (including phenoxy) is 2. The molecule has 2 aliphatic rings. The van der Waals surface area contributed by atoms with E-state index in [0.29, 0.717) is 5.56 Å². The van der Waals surface area contributed by atoms with Crippen molar-refractivity contribution in [1.29, 1.82) is 0 Å². The summed E-state index contributed by atoms with van der Waals surface area (Å²) >= 11 is 0. The molecule has 0 aliphatic carbocycles. The molecule has 0 spiro atoms. The molecule has 10 nitrogen and oxygen atoms in total. The fraction of sp³-hybridized carbons (Fsp3) is 0.565. The topological polar surface area (TPSA) is 180 Å². The molecule has 10 unspecified atom stereocenters. The van der Waals surface area contributed by atoms with Crippen LogP contribution in [0.5, 0.6) is 0 Å². The van der Waals surface area contributed by atoms with Gasteiger partial charge in [0, 0.05) is 5.56 Å². The average molecular weight is 466 g/mol. The van der Waals surface area contributed by atoms with Gasteiger partial charge in [-0.25, -0.2) is 0 Å². The van der Waals surface area contributed by atoms with Gasteiger partial charge >= 0.3 is 0 Å². The van der Waals surface area contributed by atoms with Gasteiger partial charge in [0.25, 0.3) is 0 Å². The SMILES string of the molecule is OCC1OC(C#Cc2ccc(C=CCC3OC(CO)C(O)C(O)C3O)cc2)C(O)C(O)C1O. The monoisotopic (exact) mass is 466 g/mol. The van der Waals surface area contributed by atoms with E-state index in [9.17, 15) is 40.9 Å². The van der Waals surface area contributed by atoms with Crippen LogP contribution < -0.4 is 0 Å². The molecule has 8 N–H and O–H groups in total. The van der Waals surface area contributed by atoms with Gasteiger partial charge in [0.15, 0.2) is 0 Å². The van der Waals surface area contributed by atoms with Crippen LogP contribution in [-0.2, 0) is 9.47 Å². The number of aliphatic hydroxyl groups excluding tert-OH is 8. The molecule has 0 bridgehead atoms. The van der Waals surface area contributed by atoms with Crippen LogP contribution in [0.25, 0.3) is 6.08 Å². The summed E-state index contributed by atoms with van der Waals surface area (Å²) in [7, 11) is 0. The third-order valence-corrected chi connectivity index (χ3v) is 5.83. The zero-order valence-corrected chi connectivity index (χ0v) is 17.8. The summed E-state index contributed by atoms with van der Waals surface area (Å²) in [6, 6.07) is 7.01. The summed E-state index contributed by atoms with van der Waals surface area (Å²) in [4.78, 5) is 0. The van der Waals surface area contributed by atoms with Crippen LogP contribution >= 0.6 is 0 Å². The molecule has 0 radical (unpaired) electrons. The van der Waals surface area contributed by atoms with Crippen LogP contribution in [0.3, 0.4) is 0 Å². The van der Waals surface area contributed by atoms with Crippen molar-refractivity contribution in [3.05, 3.63) is 41.5 Å². The first-order valence-electron chi connectivity index (χ1n) is 10.7. The van der Waals surface area contributed by atoms with Crippen molar-refractivity contribution in [3.63, 3.8) is 0 Å². The maximum Gasteiger partial charge on any atom is 0.147 e. The summed E-state index contributed by atoms with van der Waals surface area (Å²) in [5.74, 6) is 5.52. The van der Waals surface area contributed by atoms with E-state index in [-0.39, 0.29) is 6.42 Å². The number of hydrogen-bond donors (Lipinski definition) is 8. The third kappa shape index (κ3) is 5.98. The normalized spacial score (nSPS) is 39.3. The molecule has 2 saturated heterocycles. The lowest BCUT2D eigenvalue weighted by atomic mass is 9.93. The Kier molecular flexibility index (Phi) is 8.97. The molecule has 33 heavy (non-hydrogen) atoms. The largest absolute Gasteiger partial charge is 0.394 e. The molecule has 2 aliphatic heterocycles. The molecule has 10 heteroatoms. The lowest BCUT2D eigenvalue weighted by Crippen LogP contribution is -2.58. The van der Waals surface area contributed by atoms with E-state index >= 15 is 0 Å². The fourth-order valence-electron chi connectivity index (χ4n) is 3.76. The van der Waals surface area contributed by atoms with Crippen LogP contribution in [-0.4, -0.2) is 115 Å². The highest BCUT2D eigenvalue weighted by molar-refractivity contribution is 5.51. The van der Waals surface area contributed by atoms with Crippen LogP contribution in [0.4, 0.5) is 0 Å². The van der Waals surface area contributed by atoms with Crippen molar-refractivity contribution in [2.45, 2.75) is 67.5 Å². The highest BCUT2D eigenvalue weighted by atomic mass is 16.5. The Morgan fingerprint density at radius 1 is 0.697 bits per heavy atom. The van der Waals surface area contributed by atoms with E-state index in [0.717, 1.165) is 5.56 Å². The minimum atomic E-state index is -1.48. The minimum Gasteiger partial charge on any atom is -0.394 e. The average Bonchev–Trinajstić information content (AvgIpc) is 2.83. The first-order chi connectivity index (χ1) is 15.8. The van der Waals surface area contributed by atoms with Crippen LogP contribution in [0.15, 0.2) is 30.3 Å². The molecular formula is C23H30O10. The second-order valence-electron chi connectivity index (χ2n) is 8.15. The zero-order chi connectivity index (χ0) is 24.1. The fourth-order valence-corrected chi connectivity index (χ4v) is 3.76. The van der Waals surface area contributed by atoms with Gasteiger partial charge in [-0.1, -0.05) is 36.1 Å². The van der Waals surface area contributed by atoms with Crippen molar-refractivity contribution in [2.24, 2.45) is 0 Å². The molecule has 2 fully saturated rings. The Bertz CT molecular complexity index is 843. The van der Waals surface area contributed by atoms with E-state index in [1.807, 2.05) is 0 Å². The summed E-state index contributed by atoms with van der Waals surface area (Å²) in [6.45, 7) is -0.996. The lowest BCUT2D eigenvalue weighted by Gasteiger charge is -2.39. The molecule has 1 aromatic carbocycles. The Morgan fingerprint density at radius 3 is 1.85 bits per heavy atom. The predicted molar refractivity (Wildman–Crippen MR) is 115 cm³/mol. The Hall–Kier alpha value is -1.88. The molecule has 2 heterocycles. The van der Waals surface area contributed by atoms with Crippen molar-refractivity contribution in [1.82, 2.24) is 0 Å². The molecule has 10 atom stereocenters. The number of hydrogen-bond acceptors (Lipinski definition) is 10. The molecule has 0 aromatic heterocycles. The van der Waals surface area contributed by atoms with E-state index in [1.165, 1.54) is 0 Å². The molecule has 1 aromatic rings. The second-order valence-corrected chi connectivity index (χ2v) is 8.15. The molecular weight excluding hydrogens is 436 g/mol. The van der Waals surface area contributed by atoms with Crippen molar-refractivity contribution in [2.75, 3.05) is 13.2 Å². The van der Waals surface area contributed by atoms with Gasteiger partial charge < -0.3 is 50.3 Å². The molecule has 0 amide bonds. The Balaban J connectivity index is 1.58. The first-order valence-corrected chi connectivity index (χ1v) is 10.7. The maximum absolute atomic E-state index is 10.1. The molecule has 3 rings (SSSR count). The van der Waals surface area contributed by atoms with E-state index in [4.69, 9.17) is 9.47 Å². The van der Waals surface area contributed by atoms with Gasteiger partial charge in [-0.3, -0.25) is 0 Å². The van der Waals surface area contributed by atoms with Crippen LogP contribution in [0, 0.1) is 11.8 Å². The van der Waals surface area contributed by atoms with Gasteiger partial charge in [0.05, 0.1) is 19.3 Å². The number of rotatable bonds is 5.